The van der Waals surface area contributed by atoms with Gasteiger partial charge < -0.3 is 10.9 Å². The minimum Gasteiger partial charge on any atom is -0.462 e. The van der Waals surface area contributed by atoms with Gasteiger partial charge in [-0.25, -0.2) is 4.79 Å². The van der Waals surface area contributed by atoms with Crippen LogP contribution in [0.25, 0.3) is 0 Å². The van der Waals surface area contributed by atoms with Gasteiger partial charge in [0.1, 0.15) is 0 Å². The van der Waals surface area contributed by atoms with E-state index in [1.54, 1.807) is 6.92 Å². The predicted octanol–water partition coefficient (Wildman–Crippen LogP) is 2.70. The second-order valence-electron chi connectivity index (χ2n) is 3.22. The lowest BCUT2D eigenvalue weighted by molar-refractivity contribution is -0.139. The summed E-state index contributed by atoms with van der Waals surface area (Å²) in [5.41, 5.74) is 0.471. The first-order valence-electron chi connectivity index (χ1n) is 4.40. The van der Waals surface area contributed by atoms with Gasteiger partial charge in [0.2, 0.25) is 0 Å². The van der Waals surface area contributed by atoms with Crippen LogP contribution in [-0.2, 0) is 9.53 Å². The van der Waals surface area contributed by atoms with Crippen LogP contribution in [0.5, 0.6) is 0 Å². The van der Waals surface area contributed by atoms with Crippen molar-refractivity contribution >= 4 is 5.97 Å². The first-order chi connectivity index (χ1) is 5.57. The van der Waals surface area contributed by atoms with E-state index in [0.29, 0.717) is 18.1 Å². The largest absolute Gasteiger partial charge is 0.462 e. The summed E-state index contributed by atoms with van der Waals surface area (Å²) in [7, 11) is 0. The van der Waals surface area contributed by atoms with E-state index < -0.39 is 0 Å². The fraction of sp³-hybridized carbons (Fsp3) is 0.700. The quantitative estimate of drug-likeness (QED) is 0.531. The molecule has 0 spiro atoms. The first-order valence-corrected chi connectivity index (χ1v) is 4.40. The first kappa shape index (κ1) is 14.7. The molecule has 1 atom stereocenters. The Labute approximate surface area is 80.7 Å². The van der Waals surface area contributed by atoms with Crippen LogP contribution in [-0.4, -0.2) is 12.6 Å². The zero-order chi connectivity index (χ0) is 9.56. The molecule has 13 heavy (non-hydrogen) atoms. The van der Waals surface area contributed by atoms with Gasteiger partial charge in [0, 0.05) is 5.57 Å². The maximum absolute atomic E-state index is 10.9. The van der Waals surface area contributed by atoms with Crippen LogP contribution >= 0.6 is 0 Å². The highest BCUT2D eigenvalue weighted by Gasteiger charge is 2.04. The smallest absolute Gasteiger partial charge is 0.333 e. The van der Waals surface area contributed by atoms with Crippen molar-refractivity contribution in [1.29, 1.82) is 0 Å². The SMILES string of the molecule is C=C(C)C(=O)OCCC(C)CC.N. The van der Waals surface area contributed by atoms with Gasteiger partial charge in [0.25, 0.3) is 0 Å². The second kappa shape index (κ2) is 7.80. The van der Waals surface area contributed by atoms with Crippen LogP contribution in [0.3, 0.4) is 0 Å². The van der Waals surface area contributed by atoms with E-state index >= 15 is 0 Å². The molecule has 3 N–H and O–H groups in total. The molecule has 78 valence electrons. The molecule has 0 radical (unpaired) electrons. The molecule has 0 aliphatic carbocycles. The number of esters is 1. The molecule has 0 heterocycles. The lowest BCUT2D eigenvalue weighted by Gasteiger charge is -2.08. The molecule has 0 bridgehead atoms. The van der Waals surface area contributed by atoms with Gasteiger partial charge in [-0.1, -0.05) is 26.8 Å². The highest BCUT2D eigenvalue weighted by molar-refractivity contribution is 5.86. The summed E-state index contributed by atoms with van der Waals surface area (Å²) in [4.78, 5) is 10.9. The molecule has 0 rings (SSSR count). The van der Waals surface area contributed by atoms with Crippen LogP contribution in [0, 0.1) is 5.92 Å². The monoisotopic (exact) mass is 187 g/mol. The van der Waals surface area contributed by atoms with E-state index in [2.05, 4.69) is 20.4 Å². The predicted molar refractivity (Wildman–Crippen MR) is 54.9 cm³/mol. The molecule has 1 unspecified atom stereocenters. The summed E-state index contributed by atoms with van der Waals surface area (Å²) in [5.74, 6) is 0.348. The zero-order valence-electron chi connectivity index (χ0n) is 8.93. The minimum atomic E-state index is -0.279. The Morgan fingerprint density at radius 3 is 2.46 bits per heavy atom. The molecule has 0 aliphatic rings. The minimum absolute atomic E-state index is 0. The number of carbonyl (C=O) groups excluding carboxylic acids is 1. The van der Waals surface area contributed by atoms with Crippen molar-refractivity contribution in [3.63, 3.8) is 0 Å². The molecule has 0 aromatic rings. The van der Waals surface area contributed by atoms with Crippen LogP contribution in [0.2, 0.25) is 0 Å². The molecular formula is C10H21NO2. The van der Waals surface area contributed by atoms with Gasteiger partial charge in [0.15, 0.2) is 0 Å². The Morgan fingerprint density at radius 1 is 1.54 bits per heavy atom. The van der Waals surface area contributed by atoms with Crippen LogP contribution < -0.4 is 6.15 Å². The maximum Gasteiger partial charge on any atom is 0.333 e. The molecular weight excluding hydrogens is 166 g/mol. The number of hydrogen-bond donors (Lipinski definition) is 1. The zero-order valence-corrected chi connectivity index (χ0v) is 8.93. The topological polar surface area (TPSA) is 61.3 Å². The average molecular weight is 187 g/mol. The van der Waals surface area contributed by atoms with Gasteiger partial charge in [-0.3, -0.25) is 0 Å². The lowest BCUT2D eigenvalue weighted by Crippen LogP contribution is -2.08. The normalized spacial score (nSPS) is 11.3. The summed E-state index contributed by atoms with van der Waals surface area (Å²) >= 11 is 0. The van der Waals surface area contributed by atoms with Gasteiger partial charge in [-0.05, 0) is 19.3 Å². The van der Waals surface area contributed by atoms with Crippen molar-refractivity contribution in [3.05, 3.63) is 12.2 Å². The fourth-order valence-corrected chi connectivity index (χ4v) is 0.680. The number of ether oxygens (including phenoxy) is 1. The van der Waals surface area contributed by atoms with Gasteiger partial charge >= 0.3 is 5.97 Å². The Kier molecular flexibility index (Phi) is 8.81. The maximum atomic E-state index is 10.9. The van der Waals surface area contributed by atoms with Crippen LogP contribution in [0.1, 0.15) is 33.6 Å². The molecule has 3 nitrogen and oxygen atoms in total. The third kappa shape index (κ3) is 7.53. The average Bonchev–Trinajstić information content (AvgIpc) is 2.03. The molecule has 3 heteroatoms. The van der Waals surface area contributed by atoms with Gasteiger partial charge in [0.05, 0.1) is 6.61 Å². The molecule has 0 aromatic heterocycles. The van der Waals surface area contributed by atoms with E-state index in [9.17, 15) is 4.79 Å². The summed E-state index contributed by atoms with van der Waals surface area (Å²) < 4.78 is 4.94. The van der Waals surface area contributed by atoms with Crippen LogP contribution in [0.4, 0.5) is 0 Å². The fourth-order valence-electron chi connectivity index (χ4n) is 0.680. The summed E-state index contributed by atoms with van der Waals surface area (Å²) in [6, 6.07) is 0. The van der Waals surface area contributed by atoms with Crippen molar-refractivity contribution in [3.8, 4) is 0 Å². The standard InChI is InChI=1S/C10H18O2.H3N/c1-5-9(4)6-7-12-10(11)8(2)3;/h9H,2,5-7H2,1,3-4H3;1H3. The Balaban J connectivity index is 0. The molecule has 0 saturated heterocycles. The van der Waals surface area contributed by atoms with E-state index in [1.165, 1.54) is 0 Å². The number of hydrogen-bond acceptors (Lipinski definition) is 3. The number of carbonyl (C=O) groups is 1. The van der Waals surface area contributed by atoms with Crippen molar-refractivity contribution in [2.24, 2.45) is 5.92 Å². The summed E-state index contributed by atoms with van der Waals surface area (Å²) in [6.45, 7) is 9.95. The number of rotatable bonds is 5. The lowest BCUT2D eigenvalue weighted by atomic mass is 10.1. The highest BCUT2D eigenvalue weighted by atomic mass is 16.5. The summed E-state index contributed by atoms with van der Waals surface area (Å²) in [6.07, 6.45) is 2.07. The van der Waals surface area contributed by atoms with Crippen LogP contribution in [0.15, 0.2) is 12.2 Å². The molecule has 0 saturated carbocycles. The van der Waals surface area contributed by atoms with E-state index in [4.69, 9.17) is 4.74 Å². The molecule has 0 aromatic carbocycles. The van der Waals surface area contributed by atoms with Crippen molar-refractivity contribution < 1.29 is 9.53 Å². The van der Waals surface area contributed by atoms with Gasteiger partial charge in [-0.2, -0.15) is 0 Å². The Bertz CT molecular complexity index is 166. The van der Waals surface area contributed by atoms with Crippen molar-refractivity contribution in [1.82, 2.24) is 6.15 Å². The van der Waals surface area contributed by atoms with Crippen molar-refractivity contribution in [2.75, 3.05) is 6.61 Å². The van der Waals surface area contributed by atoms with E-state index in [1.807, 2.05) is 0 Å². The Morgan fingerprint density at radius 2 is 2.08 bits per heavy atom. The molecule has 0 aliphatic heterocycles. The molecule has 0 fully saturated rings. The van der Waals surface area contributed by atoms with Crippen molar-refractivity contribution in [2.45, 2.75) is 33.6 Å². The van der Waals surface area contributed by atoms with Gasteiger partial charge in [-0.15, -0.1) is 0 Å². The second-order valence-corrected chi connectivity index (χ2v) is 3.22. The molecule has 0 amide bonds. The third-order valence-corrected chi connectivity index (χ3v) is 1.89. The van der Waals surface area contributed by atoms with E-state index in [-0.39, 0.29) is 12.1 Å². The Hall–Kier alpha value is -0.830. The van der Waals surface area contributed by atoms with E-state index in [0.717, 1.165) is 12.8 Å². The third-order valence-electron chi connectivity index (χ3n) is 1.89. The highest BCUT2D eigenvalue weighted by Crippen LogP contribution is 2.06. The summed E-state index contributed by atoms with van der Waals surface area (Å²) in [5, 5.41) is 0.